The van der Waals surface area contributed by atoms with Gasteiger partial charge in [0.05, 0.1) is 26.4 Å². The molecule has 0 bridgehead atoms. The number of fused-ring (bicyclic) bond motifs is 1. The number of ether oxygens (including phenoxy) is 3. The van der Waals surface area contributed by atoms with E-state index in [-0.39, 0.29) is 11.3 Å². The molecule has 1 fully saturated rings. The topological polar surface area (TPSA) is 48.0 Å². The Morgan fingerprint density at radius 3 is 2.24 bits per heavy atom. The average molecular weight is 395 g/mol. The fourth-order valence-corrected chi connectivity index (χ4v) is 3.58. The highest BCUT2D eigenvalue weighted by atomic mass is 16.5. The van der Waals surface area contributed by atoms with Gasteiger partial charge in [0.2, 0.25) is 0 Å². The van der Waals surface area contributed by atoms with Gasteiger partial charge in [-0.2, -0.15) is 0 Å². The molecule has 0 spiro atoms. The Morgan fingerprint density at radius 1 is 0.897 bits per heavy atom. The fraction of sp³-hybridized carbons (Fsp3) is 0.458. The van der Waals surface area contributed by atoms with Crippen molar-refractivity contribution in [2.24, 2.45) is 5.41 Å². The van der Waals surface area contributed by atoms with Crippen LogP contribution in [-0.2, 0) is 17.6 Å². The van der Waals surface area contributed by atoms with Crippen LogP contribution in [0.4, 0.5) is 0 Å². The van der Waals surface area contributed by atoms with Crippen LogP contribution in [0, 0.1) is 5.41 Å². The van der Waals surface area contributed by atoms with E-state index in [1.54, 1.807) is 0 Å². The lowest BCUT2D eigenvalue weighted by molar-refractivity contribution is 0.0303. The van der Waals surface area contributed by atoms with Crippen LogP contribution in [-0.4, -0.2) is 50.3 Å². The molecule has 1 saturated heterocycles. The average Bonchev–Trinajstić information content (AvgIpc) is 2.91. The normalized spacial score (nSPS) is 18.2. The second-order valence-electron chi connectivity index (χ2n) is 8.62. The highest BCUT2D eigenvalue weighted by Gasteiger charge is 2.25. The molecule has 0 unspecified atom stereocenters. The molecule has 0 atom stereocenters. The molecule has 1 amide bonds. The van der Waals surface area contributed by atoms with E-state index >= 15 is 0 Å². The van der Waals surface area contributed by atoms with E-state index in [0.29, 0.717) is 39.5 Å². The lowest BCUT2D eigenvalue weighted by atomic mass is 9.97. The van der Waals surface area contributed by atoms with Crippen molar-refractivity contribution in [3.63, 3.8) is 0 Å². The number of morpholine rings is 1. The Labute approximate surface area is 172 Å². The zero-order valence-corrected chi connectivity index (χ0v) is 17.3. The third kappa shape index (κ3) is 4.91. The molecular formula is C24H29NO4. The molecule has 0 radical (unpaired) electrons. The Bertz CT molecular complexity index is 854. The van der Waals surface area contributed by atoms with Gasteiger partial charge in [-0.25, -0.2) is 0 Å². The van der Waals surface area contributed by atoms with E-state index in [2.05, 4.69) is 38.1 Å². The third-order valence-corrected chi connectivity index (χ3v) is 5.45. The van der Waals surface area contributed by atoms with Crippen LogP contribution in [0.25, 0.3) is 0 Å². The molecule has 0 saturated carbocycles. The van der Waals surface area contributed by atoms with Crippen molar-refractivity contribution < 1.29 is 19.0 Å². The van der Waals surface area contributed by atoms with Crippen molar-refractivity contribution in [2.75, 3.05) is 39.5 Å². The second kappa shape index (κ2) is 8.46. The molecule has 0 aliphatic carbocycles. The molecule has 2 aliphatic rings. The molecule has 0 aromatic heterocycles. The summed E-state index contributed by atoms with van der Waals surface area (Å²) in [6, 6.07) is 14.2. The Hall–Kier alpha value is -2.53. The van der Waals surface area contributed by atoms with Crippen molar-refractivity contribution in [1.82, 2.24) is 4.90 Å². The zero-order valence-electron chi connectivity index (χ0n) is 17.3. The highest BCUT2D eigenvalue weighted by molar-refractivity contribution is 5.94. The molecule has 5 nitrogen and oxygen atoms in total. The smallest absolute Gasteiger partial charge is 0.254 e. The summed E-state index contributed by atoms with van der Waals surface area (Å²) in [5.41, 5.74) is 3.20. The maximum atomic E-state index is 12.5. The van der Waals surface area contributed by atoms with Crippen LogP contribution >= 0.6 is 0 Å². The van der Waals surface area contributed by atoms with Crippen LogP contribution in [0.5, 0.6) is 11.5 Å². The number of carbonyl (C=O) groups is 1. The lowest BCUT2D eigenvalue weighted by Gasteiger charge is -2.26. The minimum absolute atomic E-state index is 0.0135. The second-order valence-corrected chi connectivity index (χ2v) is 8.62. The first-order chi connectivity index (χ1) is 14.0. The van der Waals surface area contributed by atoms with Crippen LogP contribution in [0.3, 0.4) is 0 Å². The van der Waals surface area contributed by atoms with E-state index in [9.17, 15) is 4.79 Å². The Balaban J connectivity index is 1.36. The lowest BCUT2D eigenvalue weighted by Crippen LogP contribution is -2.40. The highest BCUT2D eigenvalue weighted by Crippen LogP contribution is 2.34. The number of aryl methyl sites for hydroxylation is 2. The monoisotopic (exact) mass is 395 g/mol. The van der Waals surface area contributed by atoms with Gasteiger partial charge in [0, 0.05) is 24.1 Å². The summed E-state index contributed by atoms with van der Waals surface area (Å²) in [5, 5.41) is 0. The summed E-state index contributed by atoms with van der Waals surface area (Å²) in [7, 11) is 0. The standard InChI is InChI=1S/C24H29NO4/c1-24(2)16-28-21-10-7-19(15-22(21)29-17-24)4-3-18-5-8-20(9-6-18)23(26)25-11-13-27-14-12-25/h5-10,15H,3-4,11-14,16-17H2,1-2H3. The van der Waals surface area contributed by atoms with Crippen LogP contribution in [0.15, 0.2) is 42.5 Å². The number of carbonyl (C=O) groups excluding carboxylic acids is 1. The first-order valence-corrected chi connectivity index (χ1v) is 10.3. The summed E-state index contributed by atoms with van der Waals surface area (Å²) in [6.45, 7) is 8.19. The van der Waals surface area contributed by atoms with Crippen LogP contribution in [0.2, 0.25) is 0 Å². The van der Waals surface area contributed by atoms with E-state index in [0.717, 1.165) is 29.9 Å². The number of rotatable bonds is 4. The van der Waals surface area contributed by atoms with E-state index in [1.165, 1.54) is 11.1 Å². The predicted molar refractivity (Wildman–Crippen MR) is 112 cm³/mol. The maximum Gasteiger partial charge on any atom is 0.254 e. The molecule has 4 rings (SSSR count). The van der Waals surface area contributed by atoms with Crippen LogP contribution in [0.1, 0.15) is 35.3 Å². The molecule has 2 aromatic rings. The summed E-state index contributed by atoms with van der Waals surface area (Å²) in [4.78, 5) is 14.4. The Kier molecular flexibility index (Phi) is 5.76. The first-order valence-electron chi connectivity index (χ1n) is 10.3. The molecule has 0 N–H and O–H groups in total. The van der Waals surface area contributed by atoms with Crippen molar-refractivity contribution >= 4 is 5.91 Å². The van der Waals surface area contributed by atoms with Gasteiger partial charge < -0.3 is 19.1 Å². The number of benzene rings is 2. The van der Waals surface area contributed by atoms with E-state index < -0.39 is 0 Å². The van der Waals surface area contributed by atoms with Gasteiger partial charge in [-0.1, -0.05) is 32.0 Å². The third-order valence-electron chi connectivity index (χ3n) is 5.45. The van der Waals surface area contributed by atoms with Crippen molar-refractivity contribution in [3.05, 3.63) is 59.2 Å². The summed E-state index contributed by atoms with van der Waals surface area (Å²) in [6.07, 6.45) is 1.83. The quantitative estimate of drug-likeness (QED) is 0.791. The largest absolute Gasteiger partial charge is 0.489 e. The van der Waals surface area contributed by atoms with Crippen molar-refractivity contribution in [3.8, 4) is 11.5 Å². The Morgan fingerprint density at radius 2 is 1.52 bits per heavy atom. The zero-order chi connectivity index (χ0) is 20.3. The first kappa shape index (κ1) is 19.8. The minimum Gasteiger partial charge on any atom is -0.489 e. The van der Waals surface area contributed by atoms with Gasteiger partial charge in [-0.15, -0.1) is 0 Å². The number of nitrogens with zero attached hydrogens (tertiary/aromatic N) is 1. The molecule has 154 valence electrons. The predicted octanol–water partition coefficient (Wildman–Crippen LogP) is 3.74. The van der Waals surface area contributed by atoms with Crippen molar-refractivity contribution in [2.45, 2.75) is 26.7 Å². The molecule has 29 heavy (non-hydrogen) atoms. The number of amides is 1. The summed E-state index contributed by atoms with van der Waals surface area (Å²) in [5.74, 6) is 1.75. The maximum absolute atomic E-state index is 12.5. The number of hydrogen-bond donors (Lipinski definition) is 0. The minimum atomic E-state index is 0.0135. The van der Waals surface area contributed by atoms with E-state index in [1.807, 2.05) is 23.1 Å². The van der Waals surface area contributed by atoms with Gasteiger partial charge in [-0.3, -0.25) is 4.79 Å². The van der Waals surface area contributed by atoms with Gasteiger partial charge in [0.25, 0.3) is 5.91 Å². The summed E-state index contributed by atoms with van der Waals surface area (Å²) >= 11 is 0. The molecular weight excluding hydrogens is 366 g/mol. The van der Waals surface area contributed by atoms with Crippen molar-refractivity contribution in [1.29, 1.82) is 0 Å². The molecule has 2 heterocycles. The van der Waals surface area contributed by atoms with Gasteiger partial charge in [0.1, 0.15) is 0 Å². The number of hydrogen-bond acceptors (Lipinski definition) is 4. The molecule has 2 aromatic carbocycles. The van der Waals surface area contributed by atoms with E-state index in [4.69, 9.17) is 14.2 Å². The summed E-state index contributed by atoms with van der Waals surface area (Å²) < 4.78 is 17.2. The fourth-order valence-electron chi connectivity index (χ4n) is 3.58. The van der Waals surface area contributed by atoms with Gasteiger partial charge in [-0.05, 0) is 48.2 Å². The van der Waals surface area contributed by atoms with Crippen LogP contribution < -0.4 is 9.47 Å². The molecule has 5 heteroatoms. The van der Waals surface area contributed by atoms with Gasteiger partial charge >= 0.3 is 0 Å². The SMILES string of the molecule is CC1(C)COc2ccc(CCc3ccc(C(=O)N4CCOCC4)cc3)cc2OC1. The van der Waals surface area contributed by atoms with Gasteiger partial charge in [0.15, 0.2) is 11.5 Å². The molecule has 2 aliphatic heterocycles.